The minimum Gasteiger partial charge on any atom is -0.472 e. The highest BCUT2D eigenvalue weighted by Gasteiger charge is 2.05. The molecule has 0 saturated heterocycles. The SMILES string of the molecule is CN(C(=N)N)C(=N)NCc1ccoc1. The first-order valence-electron chi connectivity index (χ1n) is 4.02. The highest BCUT2D eigenvalue weighted by atomic mass is 16.3. The lowest BCUT2D eigenvalue weighted by molar-refractivity contribution is 0.562. The molecule has 0 fully saturated rings. The van der Waals surface area contributed by atoms with Crippen LogP contribution >= 0.6 is 0 Å². The molecular weight excluding hydrogens is 182 g/mol. The molecule has 0 radical (unpaired) electrons. The fraction of sp³-hybridized carbons (Fsp3) is 0.250. The maximum atomic E-state index is 7.49. The van der Waals surface area contributed by atoms with Gasteiger partial charge in [0.1, 0.15) is 0 Å². The third kappa shape index (κ3) is 2.51. The van der Waals surface area contributed by atoms with Crippen LogP contribution in [0.2, 0.25) is 0 Å². The lowest BCUT2D eigenvalue weighted by atomic mass is 10.3. The fourth-order valence-corrected chi connectivity index (χ4v) is 0.818. The number of nitrogens with two attached hydrogens (primary N) is 1. The van der Waals surface area contributed by atoms with Gasteiger partial charge in [0.2, 0.25) is 0 Å². The first-order valence-corrected chi connectivity index (χ1v) is 4.02. The predicted octanol–water partition coefficient (Wildman–Crippen LogP) is 0.129. The molecule has 0 aliphatic rings. The number of hydrogen-bond acceptors (Lipinski definition) is 3. The van der Waals surface area contributed by atoms with Gasteiger partial charge >= 0.3 is 0 Å². The van der Waals surface area contributed by atoms with E-state index in [4.69, 9.17) is 21.0 Å². The molecule has 0 atom stereocenters. The van der Waals surface area contributed by atoms with Gasteiger partial charge in [0, 0.05) is 19.2 Å². The van der Waals surface area contributed by atoms with Crippen LogP contribution in [0.5, 0.6) is 0 Å². The Kier molecular flexibility index (Phi) is 3.11. The summed E-state index contributed by atoms with van der Waals surface area (Å²) in [6.07, 6.45) is 3.16. The van der Waals surface area contributed by atoms with E-state index in [2.05, 4.69) is 5.32 Å². The zero-order valence-corrected chi connectivity index (χ0v) is 7.87. The minimum atomic E-state index is -0.172. The number of nitrogens with one attached hydrogen (secondary N) is 3. The van der Waals surface area contributed by atoms with E-state index < -0.39 is 0 Å². The summed E-state index contributed by atoms with van der Waals surface area (Å²) in [4.78, 5) is 1.24. The highest BCUT2D eigenvalue weighted by Crippen LogP contribution is 1.98. The summed E-state index contributed by atoms with van der Waals surface area (Å²) in [6.45, 7) is 0.479. The van der Waals surface area contributed by atoms with Gasteiger partial charge in [-0.05, 0) is 6.07 Å². The van der Waals surface area contributed by atoms with E-state index in [1.807, 2.05) is 0 Å². The van der Waals surface area contributed by atoms with Crippen molar-refractivity contribution in [2.24, 2.45) is 5.73 Å². The summed E-state index contributed by atoms with van der Waals surface area (Å²) in [5.41, 5.74) is 6.13. The largest absolute Gasteiger partial charge is 0.472 e. The Balaban J connectivity index is 2.39. The quantitative estimate of drug-likeness (QED) is 0.398. The average molecular weight is 195 g/mol. The van der Waals surface area contributed by atoms with E-state index in [0.717, 1.165) is 5.56 Å². The molecule has 0 saturated carbocycles. The number of guanidine groups is 2. The number of nitrogens with zero attached hydrogens (tertiary/aromatic N) is 1. The van der Waals surface area contributed by atoms with Crippen molar-refractivity contribution in [2.45, 2.75) is 6.54 Å². The summed E-state index contributed by atoms with van der Waals surface area (Å²) in [5.74, 6) is -0.0895. The second kappa shape index (κ2) is 4.31. The summed E-state index contributed by atoms with van der Waals surface area (Å²) >= 11 is 0. The van der Waals surface area contributed by atoms with E-state index in [-0.39, 0.29) is 11.9 Å². The fourth-order valence-electron chi connectivity index (χ4n) is 0.818. The maximum Gasteiger partial charge on any atom is 0.197 e. The Hall–Kier alpha value is -1.98. The molecule has 6 nitrogen and oxygen atoms in total. The van der Waals surface area contributed by atoms with Crippen molar-refractivity contribution in [3.05, 3.63) is 24.2 Å². The summed E-state index contributed by atoms with van der Waals surface area (Å²) in [7, 11) is 1.55. The minimum absolute atomic E-state index is 0.0821. The monoisotopic (exact) mass is 195 g/mol. The van der Waals surface area contributed by atoms with Gasteiger partial charge in [0.25, 0.3) is 0 Å². The van der Waals surface area contributed by atoms with Gasteiger partial charge in [0.05, 0.1) is 12.5 Å². The van der Waals surface area contributed by atoms with E-state index in [9.17, 15) is 0 Å². The van der Waals surface area contributed by atoms with Crippen LogP contribution in [-0.2, 0) is 6.54 Å². The smallest absolute Gasteiger partial charge is 0.197 e. The second-order valence-electron chi connectivity index (χ2n) is 2.78. The maximum absolute atomic E-state index is 7.49. The van der Waals surface area contributed by atoms with Crippen molar-refractivity contribution in [3.63, 3.8) is 0 Å². The Morgan fingerprint density at radius 3 is 2.86 bits per heavy atom. The molecular formula is C8H13N5O. The van der Waals surface area contributed by atoms with Crippen molar-refractivity contribution >= 4 is 11.9 Å². The molecule has 1 aromatic heterocycles. The van der Waals surface area contributed by atoms with Crippen LogP contribution in [0.3, 0.4) is 0 Å². The zero-order valence-electron chi connectivity index (χ0n) is 7.87. The molecule has 5 N–H and O–H groups in total. The van der Waals surface area contributed by atoms with Crippen molar-refractivity contribution in [1.29, 1.82) is 10.8 Å². The number of hydrogen-bond donors (Lipinski definition) is 4. The molecule has 1 heterocycles. The Morgan fingerprint density at radius 1 is 1.64 bits per heavy atom. The number of furan rings is 1. The van der Waals surface area contributed by atoms with Crippen LogP contribution in [0, 0.1) is 10.8 Å². The van der Waals surface area contributed by atoms with Gasteiger partial charge in [-0.3, -0.25) is 15.7 Å². The molecule has 0 aliphatic heterocycles. The van der Waals surface area contributed by atoms with Gasteiger partial charge < -0.3 is 15.5 Å². The standard InChI is InChI=1S/C8H13N5O/c1-13(7(9)10)8(11)12-4-6-2-3-14-5-6/h2-3,5H,4H2,1H3,(H3,9,10)(H2,11,12). The molecule has 0 unspecified atom stereocenters. The van der Waals surface area contributed by atoms with Crippen molar-refractivity contribution in [2.75, 3.05) is 7.05 Å². The molecule has 0 spiro atoms. The van der Waals surface area contributed by atoms with Gasteiger partial charge in [-0.15, -0.1) is 0 Å². The van der Waals surface area contributed by atoms with Crippen molar-refractivity contribution in [3.8, 4) is 0 Å². The summed E-state index contributed by atoms with van der Waals surface area (Å²) in [6, 6.07) is 1.80. The zero-order chi connectivity index (χ0) is 10.6. The first kappa shape index (κ1) is 10.1. The molecule has 76 valence electrons. The molecule has 1 aromatic rings. The van der Waals surface area contributed by atoms with E-state index >= 15 is 0 Å². The lowest BCUT2D eigenvalue weighted by Crippen LogP contribution is -2.44. The first-order chi connectivity index (χ1) is 6.61. The van der Waals surface area contributed by atoms with Crippen LogP contribution in [0.25, 0.3) is 0 Å². The van der Waals surface area contributed by atoms with E-state index in [1.165, 1.54) is 4.90 Å². The van der Waals surface area contributed by atoms with Crippen LogP contribution in [0.15, 0.2) is 23.0 Å². The van der Waals surface area contributed by atoms with Crippen LogP contribution in [0.1, 0.15) is 5.56 Å². The van der Waals surface area contributed by atoms with E-state index in [1.54, 1.807) is 25.6 Å². The summed E-state index contributed by atoms with van der Waals surface area (Å²) in [5, 5.41) is 17.4. The average Bonchev–Trinajstić information content (AvgIpc) is 2.65. The second-order valence-corrected chi connectivity index (χ2v) is 2.78. The summed E-state index contributed by atoms with van der Waals surface area (Å²) < 4.78 is 4.86. The molecule has 0 amide bonds. The Labute approximate surface area is 81.7 Å². The molecule has 0 aliphatic carbocycles. The normalized spacial score (nSPS) is 9.50. The third-order valence-electron chi connectivity index (χ3n) is 1.74. The van der Waals surface area contributed by atoms with E-state index in [0.29, 0.717) is 6.54 Å². The van der Waals surface area contributed by atoms with Crippen LogP contribution < -0.4 is 11.1 Å². The third-order valence-corrected chi connectivity index (χ3v) is 1.74. The van der Waals surface area contributed by atoms with Crippen LogP contribution in [-0.4, -0.2) is 23.9 Å². The van der Waals surface area contributed by atoms with Crippen LogP contribution in [0.4, 0.5) is 0 Å². The molecule has 0 aromatic carbocycles. The Morgan fingerprint density at radius 2 is 2.36 bits per heavy atom. The molecule has 1 rings (SSSR count). The molecule has 6 heteroatoms. The highest BCUT2D eigenvalue weighted by molar-refractivity contribution is 5.94. The van der Waals surface area contributed by atoms with Gasteiger partial charge in [-0.1, -0.05) is 0 Å². The molecule has 14 heavy (non-hydrogen) atoms. The topological polar surface area (TPSA) is 102 Å². The van der Waals surface area contributed by atoms with Gasteiger partial charge in [-0.25, -0.2) is 0 Å². The predicted molar refractivity (Wildman–Crippen MR) is 53.0 cm³/mol. The Bertz CT molecular complexity index is 318. The van der Waals surface area contributed by atoms with Crippen molar-refractivity contribution in [1.82, 2.24) is 10.2 Å². The van der Waals surface area contributed by atoms with Crippen molar-refractivity contribution < 1.29 is 4.42 Å². The number of rotatable bonds is 2. The molecule has 0 bridgehead atoms. The lowest BCUT2D eigenvalue weighted by Gasteiger charge is -2.17. The van der Waals surface area contributed by atoms with Gasteiger partial charge in [0.15, 0.2) is 11.9 Å². The van der Waals surface area contributed by atoms with Gasteiger partial charge in [-0.2, -0.15) is 0 Å².